The van der Waals surface area contributed by atoms with Crippen LogP contribution in [0.25, 0.3) is 0 Å². The Morgan fingerprint density at radius 1 is 0.860 bits per heavy atom. The van der Waals surface area contributed by atoms with Crippen LogP contribution in [0.3, 0.4) is 0 Å². The van der Waals surface area contributed by atoms with Gasteiger partial charge in [-0.25, -0.2) is 4.79 Å². The number of hydrogen-bond acceptors (Lipinski definition) is 15. The van der Waals surface area contributed by atoms with E-state index in [9.17, 15) is 50.8 Å². The molecule has 0 aromatic heterocycles. The number of aliphatic hydroxyl groups is 9. The van der Waals surface area contributed by atoms with Gasteiger partial charge in [-0.2, -0.15) is 0 Å². The maximum atomic E-state index is 12.4. The van der Waals surface area contributed by atoms with Crippen molar-refractivity contribution in [3.05, 3.63) is 11.6 Å². The van der Waals surface area contributed by atoms with Crippen LogP contribution >= 0.6 is 0 Å². The van der Waals surface area contributed by atoms with Crippen molar-refractivity contribution in [1.82, 2.24) is 0 Å². The van der Waals surface area contributed by atoms with E-state index in [-0.39, 0.29) is 55.4 Å². The van der Waals surface area contributed by atoms with Gasteiger partial charge in [0.2, 0.25) is 0 Å². The fourth-order valence-electron chi connectivity index (χ4n) is 11.2. The van der Waals surface area contributed by atoms with Gasteiger partial charge in [-0.15, -0.1) is 0 Å². The molecule has 0 aromatic carbocycles. The quantitative estimate of drug-likeness (QED) is 0.128. The molecule has 50 heavy (non-hydrogen) atoms. The fourth-order valence-corrected chi connectivity index (χ4v) is 11.2. The van der Waals surface area contributed by atoms with E-state index in [0.29, 0.717) is 56.9 Å². The van der Waals surface area contributed by atoms with Gasteiger partial charge in [-0.1, -0.05) is 0 Å². The highest BCUT2D eigenvalue weighted by Gasteiger charge is 2.67. The highest BCUT2D eigenvalue weighted by Crippen LogP contribution is 2.66. The molecule has 0 bridgehead atoms. The molecule has 2 saturated heterocycles. The summed E-state index contributed by atoms with van der Waals surface area (Å²) in [5.74, 6) is -1.46. The van der Waals surface area contributed by atoms with Gasteiger partial charge in [-0.05, 0) is 94.0 Å². The zero-order chi connectivity index (χ0) is 35.7. The van der Waals surface area contributed by atoms with Gasteiger partial charge >= 0.3 is 5.97 Å². The zero-order valence-corrected chi connectivity index (χ0v) is 28.4. The molecule has 19 atom stereocenters. The van der Waals surface area contributed by atoms with E-state index in [1.165, 1.54) is 0 Å². The van der Waals surface area contributed by atoms with Crippen molar-refractivity contribution in [2.45, 2.75) is 137 Å². The smallest absolute Gasteiger partial charge is 0.334 e. The molecule has 19 unspecified atom stereocenters. The summed E-state index contributed by atoms with van der Waals surface area (Å²) < 4.78 is 28.7. The van der Waals surface area contributed by atoms with E-state index in [2.05, 4.69) is 0 Å². The normalized spacial score (nSPS) is 53.8. The van der Waals surface area contributed by atoms with E-state index < -0.39 is 91.1 Å². The second-order valence-corrected chi connectivity index (χ2v) is 16.0. The average molecular weight is 715 g/mol. The third-order valence-corrected chi connectivity index (χ3v) is 13.7. The molecule has 9 N–H and O–H groups in total. The van der Waals surface area contributed by atoms with Crippen LogP contribution in [0.5, 0.6) is 0 Å². The number of rotatable bonds is 7. The van der Waals surface area contributed by atoms with E-state index >= 15 is 0 Å². The first-order chi connectivity index (χ1) is 23.8. The number of esters is 1. The number of ether oxygens (including phenoxy) is 5. The largest absolute Gasteiger partial charge is 0.458 e. The van der Waals surface area contributed by atoms with Gasteiger partial charge in [-0.3, -0.25) is 0 Å². The lowest BCUT2D eigenvalue weighted by Crippen LogP contribution is -2.65. The second kappa shape index (κ2) is 14.2. The Kier molecular flexibility index (Phi) is 10.5. The van der Waals surface area contributed by atoms with Gasteiger partial charge < -0.3 is 69.6 Å². The molecule has 4 saturated carbocycles. The molecule has 7 aliphatic rings. The number of carbonyl (C=O) groups excluding carboxylic acids is 1. The highest BCUT2D eigenvalue weighted by atomic mass is 16.7. The van der Waals surface area contributed by atoms with Gasteiger partial charge in [0.05, 0.1) is 37.1 Å². The Hall–Kier alpha value is -1.31. The minimum atomic E-state index is -1.66. The lowest BCUT2D eigenvalue weighted by Gasteiger charge is -2.63. The maximum absolute atomic E-state index is 12.4. The lowest BCUT2D eigenvalue weighted by molar-refractivity contribution is -0.335. The Bertz CT molecular complexity index is 1260. The van der Waals surface area contributed by atoms with Crippen molar-refractivity contribution in [3.63, 3.8) is 0 Å². The average Bonchev–Trinajstić information content (AvgIpc) is 3.67. The summed E-state index contributed by atoms with van der Waals surface area (Å²) in [6.45, 7) is 0.789. The van der Waals surface area contributed by atoms with Crippen molar-refractivity contribution >= 4 is 5.97 Å². The molecule has 7 rings (SSSR count). The summed E-state index contributed by atoms with van der Waals surface area (Å²) in [7, 11) is 0. The highest BCUT2D eigenvalue weighted by molar-refractivity contribution is 5.91. The molecule has 15 nitrogen and oxygen atoms in total. The molecule has 6 fully saturated rings. The first-order valence-corrected chi connectivity index (χ1v) is 18.3. The number of cyclic esters (lactones) is 1. The lowest BCUT2D eigenvalue weighted by atomic mass is 9.44. The van der Waals surface area contributed by atoms with Crippen LogP contribution in [0.4, 0.5) is 0 Å². The van der Waals surface area contributed by atoms with Crippen LogP contribution < -0.4 is 0 Å². The van der Waals surface area contributed by atoms with Crippen LogP contribution in [0.2, 0.25) is 0 Å². The third kappa shape index (κ3) is 5.98. The molecule has 0 aromatic rings. The summed E-state index contributed by atoms with van der Waals surface area (Å²) in [5, 5.41) is 98.5. The number of aliphatic hydroxyl groups excluding tert-OH is 8. The molecular formula is C35H54O15. The van der Waals surface area contributed by atoms with Gasteiger partial charge in [0.15, 0.2) is 6.29 Å². The standard InChI is InChI=1S/C35H54O15/c1-15-30(27(41)26(40)23(39)13-47-15)50-33-29(43)28(42)31(24(12-36)49-33)48-17-4-7-34(14-37)16(10-17)2-3-20-25(34)22(38)11-21-18(5-8-35(20,21)45)19-6-9-46-32(19)44/h6,15-18,20-31,33,36-43,45H,2-5,7-14H2,1H3. The third-order valence-electron chi connectivity index (χ3n) is 13.7. The zero-order valence-electron chi connectivity index (χ0n) is 28.4. The minimum Gasteiger partial charge on any atom is -0.458 e. The van der Waals surface area contributed by atoms with Crippen LogP contribution in [0, 0.1) is 35.0 Å². The van der Waals surface area contributed by atoms with Crippen LogP contribution in [-0.2, 0) is 28.5 Å². The first-order valence-electron chi connectivity index (χ1n) is 18.3. The number of fused-ring (bicyclic) bond motifs is 5. The topological polar surface area (TPSA) is 245 Å². The predicted octanol–water partition coefficient (Wildman–Crippen LogP) is -2.12. The van der Waals surface area contributed by atoms with Crippen LogP contribution in [0.15, 0.2) is 11.6 Å². The Labute approximate surface area is 290 Å². The SMILES string of the molecule is CC1OCC(O)C(O)C(O)C1OC1OC(CO)C(OC2CCC3(CO)C(CCC4C3C(O)CC3C(C5=CCOC5=O)CCC34O)C2)C(O)C1O. The number of carbonyl (C=O) groups is 1. The molecule has 284 valence electrons. The van der Waals surface area contributed by atoms with Crippen molar-refractivity contribution in [3.8, 4) is 0 Å². The van der Waals surface area contributed by atoms with E-state index in [1.807, 2.05) is 0 Å². The predicted molar refractivity (Wildman–Crippen MR) is 169 cm³/mol. The Balaban J connectivity index is 1.02. The summed E-state index contributed by atoms with van der Waals surface area (Å²) in [6.07, 6.45) is -8.79. The van der Waals surface area contributed by atoms with Crippen molar-refractivity contribution in [1.29, 1.82) is 0 Å². The molecule has 15 heteroatoms. The monoisotopic (exact) mass is 714 g/mol. The molecular weight excluding hydrogens is 660 g/mol. The molecule has 0 radical (unpaired) electrons. The van der Waals surface area contributed by atoms with Gasteiger partial charge in [0.1, 0.15) is 55.4 Å². The summed E-state index contributed by atoms with van der Waals surface area (Å²) >= 11 is 0. The molecule has 0 spiro atoms. The van der Waals surface area contributed by atoms with E-state index in [4.69, 9.17) is 23.7 Å². The van der Waals surface area contributed by atoms with Gasteiger partial charge in [0.25, 0.3) is 0 Å². The second-order valence-electron chi connectivity index (χ2n) is 16.0. The van der Waals surface area contributed by atoms with E-state index in [1.54, 1.807) is 13.0 Å². The molecule has 3 heterocycles. The van der Waals surface area contributed by atoms with Crippen molar-refractivity contribution < 1.29 is 74.4 Å². The summed E-state index contributed by atoms with van der Waals surface area (Å²) in [4.78, 5) is 12.4. The summed E-state index contributed by atoms with van der Waals surface area (Å²) in [5.41, 5.74) is -1.14. The summed E-state index contributed by atoms with van der Waals surface area (Å²) in [6, 6.07) is 0. The van der Waals surface area contributed by atoms with E-state index in [0.717, 1.165) is 0 Å². The Morgan fingerprint density at radius 2 is 1.62 bits per heavy atom. The van der Waals surface area contributed by atoms with Crippen LogP contribution in [0.1, 0.15) is 58.3 Å². The Morgan fingerprint density at radius 3 is 2.32 bits per heavy atom. The van der Waals surface area contributed by atoms with Crippen molar-refractivity contribution in [2.75, 3.05) is 26.4 Å². The van der Waals surface area contributed by atoms with Crippen molar-refractivity contribution in [2.24, 2.45) is 35.0 Å². The maximum Gasteiger partial charge on any atom is 0.334 e. The minimum absolute atomic E-state index is 0.0674. The van der Waals surface area contributed by atoms with Gasteiger partial charge in [0, 0.05) is 17.6 Å². The number of hydrogen-bond donors (Lipinski definition) is 9. The first kappa shape index (κ1) is 37.0. The molecule has 3 aliphatic heterocycles. The fraction of sp³-hybridized carbons (Fsp3) is 0.914. The van der Waals surface area contributed by atoms with Crippen LogP contribution in [-0.4, -0.2) is 157 Å². The molecule has 0 amide bonds. The molecule has 4 aliphatic carbocycles.